The minimum absolute atomic E-state index is 0.0604. The summed E-state index contributed by atoms with van der Waals surface area (Å²) in [4.78, 5) is 2.64. The number of hydrogen-bond donors (Lipinski definition) is 0. The van der Waals surface area contributed by atoms with Gasteiger partial charge in [-0.15, -0.1) is 0 Å². The average Bonchev–Trinajstić information content (AvgIpc) is 3.50. The van der Waals surface area contributed by atoms with Gasteiger partial charge in [-0.05, 0) is 62.9 Å². The van der Waals surface area contributed by atoms with Gasteiger partial charge in [0.15, 0.2) is 0 Å². The Morgan fingerprint density at radius 1 is 1.06 bits per heavy atom. The predicted molar refractivity (Wildman–Crippen MR) is 112 cm³/mol. The van der Waals surface area contributed by atoms with Crippen molar-refractivity contribution in [2.75, 3.05) is 46.0 Å². The second kappa shape index (κ2) is 8.47. The number of likely N-dealkylation sites (tertiary alicyclic amines) is 1. The lowest BCUT2D eigenvalue weighted by Crippen LogP contribution is -2.47. The Bertz CT molecular complexity index is 913. The van der Waals surface area contributed by atoms with Crippen LogP contribution in [0.1, 0.15) is 32.1 Å². The van der Waals surface area contributed by atoms with Crippen molar-refractivity contribution in [3.63, 3.8) is 0 Å². The normalized spacial score (nSPS) is 31.3. The zero-order valence-corrected chi connectivity index (χ0v) is 18.9. The molecule has 10 heteroatoms. The number of sulfonamides is 1. The molecule has 32 heavy (non-hydrogen) atoms. The Hall–Kier alpha value is -1.33. The van der Waals surface area contributed by atoms with E-state index in [1.807, 2.05) is 0 Å². The maximum absolute atomic E-state index is 13.0. The highest BCUT2D eigenvalue weighted by Gasteiger charge is 2.49. The number of nitrogens with zero attached hydrogens (tertiary/aromatic N) is 2. The first-order chi connectivity index (χ1) is 15.3. The summed E-state index contributed by atoms with van der Waals surface area (Å²) in [6.07, 6.45) is 4.60. The summed E-state index contributed by atoms with van der Waals surface area (Å²) in [5.41, 5.74) is 0.0661. The summed E-state index contributed by atoms with van der Waals surface area (Å²) >= 11 is 0. The number of piperidine rings is 1. The molecule has 1 unspecified atom stereocenters. The van der Waals surface area contributed by atoms with Gasteiger partial charge in [-0.2, -0.15) is 13.1 Å². The molecule has 0 aromatic heterocycles. The lowest BCUT2D eigenvalue weighted by atomic mass is 9.86. The number of ether oxygens (including phenoxy) is 3. The Morgan fingerprint density at radius 2 is 1.81 bits per heavy atom. The minimum atomic E-state index is -3.69. The molecule has 0 amide bonds. The summed E-state index contributed by atoms with van der Waals surface area (Å²) < 4.78 is 68.4. The van der Waals surface area contributed by atoms with Crippen molar-refractivity contribution < 1.29 is 31.4 Å². The molecule has 4 heterocycles. The SMILES string of the molecule is O=S(=O)(c1ccc(OC(F)F)cc1)N1CCC2(CC1)CC(N1CC[C@@]3(CCOC3)C1)CO2. The van der Waals surface area contributed by atoms with E-state index in [0.717, 1.165) is 39.1 Å². The van der Waals surface area contributed by atoms with Crippen LogP contribution in [0.3, 0.4) is 0 Å². The summed E-state index contributed by atoms with van der Waals surface area (Å²) in [6.45, 7) is 2.43. The molecule has 1 aromatic carbocycles. The summed E-state index contributed by atoms with van der Waals surface area (Å²) in [6, 6.07) is 5.53. The zero-order valence-electron chi connectivity index (χ0n) is 18.0. The van der Waals surface area contributed by atoms with E-state index in [0.29, 0.717) is 44.0 Å². The zero-order chi connectivity index (χ0) is 22.4. The molecule has 0 bridgehead atoms. The largest absolute Gasteiger partial charge is 0.435 e. The Balaban J connectivity index is 1.18. The van der Waals surface area contributed by atoms with Gasteiger partial charge >= 0.3 is 6.61 Å². The van der Waals surface area contributed by atoms with Crippen LogP contribution in [-0.2, 0) is 19.5 Å². The Kier molecular flexibility index (Phi) is 5.94. The van der Waals surface area contributed by atoms with Gasteiger partial charge in [0.05, 0.1) is 23.7 Å². The number of alkyl halides is 2. The van der Waals surface area contributed by atoms with Gasteiger partial charge in [-0.25, -0.2) is 8.42 Å². The van der Waals surface area contributed by atoms with E-state index in [9.17, 15) is 17.2 Å². The lowest BCUT2D eigenvalue weighted by Gasteiger charge is -2.38. The van der Waals surface area contributed by atoms with Gasteiger partial charge in [0.25, 0.3) is 0 Å². The molecule has 7 nitrogen and oxygen atoms in total. The van der Waals surface area contributed by atoms with E-state index in [-0.39, 0.29) is 16.2 Å². The molecule has 2 spiro atoms. The van der Waals surface area contributed by atoms with Crippen molar-refractivity contribution in [1.29, 1.82) is 0 Å². The van der Waals surface area contributed by atoms with E-state index in [2.05, 4.69) is 9.64 Å². The second-order valence-electron chi connectivity index (χ2n) is 9.63. The van der Waals surface area contributed by atoms with Crippen LogP contribution in [0.5, 0.6) is 5.75 Å². The van der Waals surface area contributed by atoms with Gasteiger partial charge in [-0.1, -0.05) is 0 Å². The molecule has 0 saturated carbocycles. The third-order valence-corrected chi connectivity index (χ3v) is 9.59. The fourth-order valence-electron chi connectivity index (χ4n) is 5.73. The predicted octanol–water partition coefficient (Wildman–Crippen LogP) is 2.71. The van der Waals surface area contributed by atoms with Crippen molar-refractivity contribution in [2.45, 2.75) is 55.3 Å². The molecule has 2 atom stereocenters. The molecule has 4 fully saturated rings. The first-order valence-electron chi connectivity index (χ1n) is 11.3. The van der Waals surface area contributed by atoms with Gasteiger partial charge < -0.3 is 14.2 Å². The summed E-state index contributed by atoms with van der Waals surface area (Å²) in [5.74, 6) is -0.0604. The molecule has 4 aliphatic heterocycles. The van der Waals surface area contributed by atoms with Crippen molar-refractivity contribution in [3.05, 3.63) is 24.3 Å². The van der Waals surface area contributed by atoms with E-state index < -0.39 is 16.6 Å². The molecule has 0 N–H and O–H groups in total. The first kappa shape index (κ1) is 22.5. The highest BCUT2D eigenvalue weighted by molar-refractivity contribution is 7.89. The fraction of sp³-hybridized carbons (Fsp3) is 0.727. The van der Waals surface area contributed by atoms with Gasteiger partial charge in [-0.3, -0.25) is 4.90 Å². The van der Waals surface area contributed by atoms with Crippen LogP contribution in [0.25, 0.3) is 0 Å². The number of rotatable bonds is 5. The van der Waals surface area contributed by atoms with Crippen LogP contribution in [0.4, 0.5) is 8.78 Å². The van der Waals surface area contributed by atoms with Crippen molar-refractivity contribution in [3.8, 4) is 5.75 Å². The smallest absolute Gasteiger partial charge is 0.387 e. The minimum Gasteiger partial charge on any atom is -0.435 e. The molecular weight excluding hydrogens is 442 g/mol. The van der Waals surface area contributed by atoms with Crippen molar-refractivity contribution >= 4 is 10.0 Å². The van der Waals surface area contributed by atoms with Crippen molar-refractivity contribution in [1.82, 2.24) is 9.21 Å². The third kappa shape index (κ3) is 4.27. The molecule has 4 saturated heterocycles. The quantitative estimate of drug-likeness (QED) is 0.657. The summed E-state index contributed by atoms with van der Waals surface area (Å²) in [5, 5.41) is 0. The lowest BCUT2D eigenvalue weighted by molar-refractivity contribution is -0.0498. The van der Waals surface area contributed by atoms with Gasteiger partial charge in [0.2, 0.25) is 10.0 Å². The Labute approximate surface area is 187 Å². The maximum atomic E-state index is 13.0. The standard InChI is InChI=1S/C22H30F2N2O5S/c23-20(24)31-18-1-3-19(4-2-18)32(27,28)26-10-6-22(7-11-26)13-17(14-30-22)25-9-5-21(15-25)8-12-29-16-21/h1-4,17,20H,5-16H2/t17?,21-/m1/s1. The fourth-order valence-corrected chi connectivity index (χ4v) is 7.17. The van der Waals surface area contributed by atoms with Gasteiger partial charge in [0.1, 0.15) is 5.75 Å². The topological polar surface area (TPSA) is 68.3 Å². The van der Waals surface area contributed by atoms with Crippen LogP contribution in [0.2, 0.25) is 0 Å². The number of hydrogen-bond acceptors (Lipinski definition) is 6. The monoisotopic (exact) mass is 472 g/mol. The number of halogens is 2. The Morgan fingerprint density at radius 3 is 2.47 bits per heavy atom. The molecule has 0 radical (unpaired) electrons. The number of benzene rings is 1. The molecule has 1 aromatic rings. The van der Waals surface area contributed by atoms with Crippen molar-refractivity contribution in [2.24, 2.45) is 5.41 Å². The highest BCUT2D eigenvalue weighted by Crippen LogP contribution is 2.44. The average molecular weight is 473 g/mol. The highest BCUT2D eigenvalue weighted by atomic mass is 32.2. The van der Waals surface area contributed by atoms with E-state index in [4.69, 9.17) is 9.47 Å². The van der Waals surface area contributed by atoms with Crippen LogP contribution >= 0.6 is 0 Å². The van der Waals surface area contributed by atoms with E-state index >= 15 is 0 Å². The van der Waals surface area contributed by atoms with Crippen LogP contribution in [-0.4, -0.2) is 81.9 Å². The molecule has 178 valence electrons. The molecule has 5 rings (SSSR count). The van der Waals surface area contributed by atoms with Crippen LogP contribution in [0, 0.1) is 5.41 Å². The first-order valence-corrected chi connectivity index (χ1v) is 12.7. The summed E-state index contributed by atoms with van der Waals surface area (Å²) in [7, 11) is -3.69. The van der Waals surface area contributed by atoms with Crippen LogP contribution in [0.15, 0.2) is 29.2 Å². The maximum Gasteiger partial charge on any atom is 0.387 e. The van der Waals surface area contributed by atoms with E-state index in [1.165, 1.54) is 35.0 Å². The molecule has 0 aliphatic carbocycles. The second-order valence-corrected chi connectivity index (χ2v) is 11.6. The van der Waals surface area contributed by atoms with Gasteiger partial charge in [0, 0.05) is 37.7 Å². The molecular formula is C22H30F2N2O5S. The third-order valence-electron chi connectivity index (χ3n) is 7.68. The van der Waals surface area contributed by atoms with E-state index in [1.54, 1.807) is 0 Å². The van der Waals surface area contributed by atoms with Crippen LogP contribution < -0.4 is 4.74 Å². The molecule has 4 aliphatic rings.